The van der Waals surface area contributed by atoms with Crippen LogP contribution in [0, 0.1) is 23.7 Å². The van der Waals surface area contributed by atoms with Gasteiger partial charge in [-0.05, 0) is 97.4 Å². The van der Waals surface area contributed by atoms with E-state index in [4.69, 9.17) is 6.58 Å². The van der Waals surface area contributed by atoms with Crippen LogP contribution in [0.2, 0.25) is 0 Å². The molecule has 1 atom stereocenters. The zero-order chi connectivity index (χ0) is 27.4. The summed E-state index contributed by atoms with van der Waals surface area (Å²) in [7, 11) is 0. The Bertz CT molecular complexity index is 1580. The minimum atomic E-state index is -0.235. The molecule has 5 aliphatic rings. The van der Waals surface area contributed by atoms with Crippen molar-refractivity contribution in [3.05, 3.63) is 136 Å². The molecule has 1 unspecified atom stereocenters. The quantitative estimate of drug-likeness (QED) is 0.291. The van der Waals surface area contributed by atoms with Crippen LogP contribution < -0.4 is 0 Å². The Balaban J connectivity index is 1.16. The highest BCUT2D eigenvalue weighted by molar-refractivity contribution is 5.95. The Morgan fingerprint density at radius 1 is 0.900 bits per heavy atom. The number of fused-ring (bicyclic) bond motifs is 1. The van der Waals surface area contributed by atoms with Gasteiger partial charge in [-0.2, -0.15) is 0 Å². The van der Waals surface area contributed by atoms with Crippen molar-refractivity contribution in [1.29, 1.82) is 0 Å². The molecule has 2 fully saturated rings. The van der Waals surface area contributed by atoms with Gasteiger partial charge in [0.05, 0.1) is 5.41 Å². The smallest absolute Gasteiger partial charge is 0.146 e. The lowest BCUT2D eigenvalue weighted by Crippen LogP contribution is -2.31. The summed E-state index contributed by atoms with van der Waals surface area (Å²) in [6, 6.07) is 17.9. The average molecular weight is 525 g/mol. The molecule has 7 rings (SSSR count). The second kappa shape index (κ2) is 9.65. The number of allylic oxidation sites excluding steroid dienone is 10. The number of phenolic OH excluding ortho intramolecular Hbond substituents is 1. The molecule has 2 aromatic carbocycles. The van der Waals surface area contributed by atoms with E-state index in [0.29, 0.717) is 17.6 Å². The first kappa shape index (κ1) is 25.1. The van der Waals surface area contributed by atoms with Crippen molar-refractivity contribution in [3.8, 4) is 5.75 Å². The lowest BCUT2D eigenvalue weighted by atomic mass is 9.70. The third-order valence-corrected chi connectivity index (χ3v) is 9.92. The molecular weight excluding hydrogens is 488 g/mol. The van der Waals surface area contributed by atoms with Crippen molar-refractivity contribution < 1.29 is 9.90 Å². The molecule has 0 heterocycles. The van der Waals surface area contributed by atoms with Crippen LogP contribution in [0.4, 0.5) is 0 Å². The van der Waals surface area contributed by atoms with Gasteiger partial charge in [0.1, 0.15) is 11.5 Å². The summed E-state index contributed by atoms with van der Waals surface area (Å²) < 4.78 is 0. The maximum atomic E-state index is 13.7. The molecule has 0 bridgehead atoms. The van der Waals surface area contributed by atoms with Gasteiger partial charge < -0.3 is 5.11 Å². The molecule has 200 valence electrons. The van der Waals surface area contributed by atoms with E-state index in [1.54, 1.807) is 6.07 Å². The van der Waals surface area contributed by atoms with E-state index in [-0.39, 0.29) is 23.0 Å². The highest BCUT2D eigenvalue weighted by Crippen LogP contribution is 2.53. The second-order valence-corrected chi connectivity index (χ2v) is 12.3. The molecule has 5 aliphatic carbocycles. The number of benzene rings is 2. The molecule has 0 spiro atoms. The SMILES string of the molecule is C=C(C1=CC(c2ccccc2O)=C=CC2=C(C3C=C3)C=C(C)C12)C1CCC(C(=O)C2(c3ccccc3)CC2)CC1. The van der Waals surface area contributed by atoms with Crippen LogP contribution in [0.1, 0.15) is 56.6 Å². The molecular formula is C38H36O2. The van der Waals surface area contributed by atoms with E-state index in [9.17, 15) is 9.90 Å². The Morgan fingerprint density at radius 2 is 1.57 bits per heavy atom. The Labute approximate surface area is 237 Å². The Morgan fingerprint density at radius 3 is 2.25 bits per heavy atom. The summed E-state index contributed by atoms with van der Waals surface area (Å²) in [4.78, 5) is 13.7. The van der Waals surface area contributed by atoms with Gasteiger partial charge in [0.2, 0.25) is 0 Å². The standard InChI is InChI=1S/C38H36O2/c1-24-22-34(27-14-15-27)32-19-18-29(31-10-6-7-11-35(31)39)23-33(36(24)32)25(2)26-12-16-28(17-13-26)37(40)38(20-21-38)30-8-4-3-5-9-30/h3-11,14-15,19,22-23,26-28,36,39H,2,12-13,16-17,20-21H2,1H3. The lowest BCUT2D eigenvalue weighted by molar-refractivity contribution is -0.126. The van der Waals surface area contributed by atoms with Crippen LogP contribution in [0.25, 0.3) is 5.57 Å². The first-order valence-electron chi connectivity index (χ1n) is 14.8. The molecule has 2 saturated carbocycles. The van der Waals surface area contributed by atoms with Crippen molar-refractivity contribution >= 4 is 11.4 Å². The predicted molar refractivity (Wildman–Crippen MR) is 162 cm³/mol. The normalized spacial score (nSPS) is 26.4. The molecule has 0 saturated heterocycles. The largest absolute Gasteiger partial charge is 0.507 e. The number of carbonyl (C=O) groups is 1. The van der Waals surface area contributed by atoms with Gasteiger partial charge in [-0.15, -0.1) is 5.73 Å². The van der Waals surface area contributed by atoms with Gasteiger partial charge in [0.15, 0.2) is 0 Å². The van der Waals surface area contributed by atoms with Crippen LogP contribution in [0.3, 0.4) is 0 Å². The molecule has 40 heavy (non-hydrogen) atoms. The van der Waals surface area contributed by atoms with E-state index in [0.717, 1.165) is 49.7 Å². The summed E-state index contributed by atoms with van der Waals surface area (Å²) in [6.45, 7) is 6.95. The minimum Gasteiger partial charge on any atom is -0.507 e. The van der Waals surface area contributed by atoms with Gasteiger partial charge in [-0.1, -0.05) is 78.9 Å². The summed E-state index contributed by atoms with van der Waals surface area (Å²) in [5.74, 6) is 1.80. The predicted octanol–water partition coefficient (Wildman–Crippen LogP) is 8.59. The Kier molecular flexibility index (Phi) is 6.06. The summed E-state index contributed by atoms with van der Waals surface area (Å²) in [6.07, 6.45) is 17.0. The first-order valence-corrected chi connectivity index (χ1v) is 14.8. The monoisotopic (exact) mass is 524 g/mol. The molecule has 1 N–H and O–H groups in total. The van der Waals surface area contributed by atoms with E-state index in [1.807, 2.05) is 24.3 Å². The fraction of sp³-hybridized carbons (Fsp3) is 0.316. The third kappa shape index (κ3) is 4.23. The maximum absolute atomic E-state index is 13.7. The fourth-order valence-electron chi connectivity index (χ4n) is 7.42. The van der Waals surface area contributed by atoms with Crippen molar-refractivity contribution in [2.45, 2.75) is 50.9 Å². The number of rotatable bonds is 7. The number of aromatic hydroxyl groups is 1. The average Bonchev–Trinajstić information content (AvgIpc) is 3.91. The molecule has 2 heteroatoms. The van der Waals surface area contributed by atoms with E-state index in [1.165, 1.54) is 33.4 Å². The first-order chi connectivity index (χ1) is 19.5. The topological polar surface area (TPSA) is 37.3 Å². The number of para-hydroxylation sites is 1. The summed E-state index contributed by atoms with van der Waals surface area (Å²) in [5, 5.41) is 10.7. The van der Waals surface area contributed by atoms with Gasteiger partial charge in [-0.25, -0.2) is 0 Å². The Hall–Kier alpha value is -3.87. The number of carbonyl (C=O) groups excluding carboxylic acids is 1. The van der Waals surface area contributed by atoms with Crippen molar-refractivity contribution in [2.75, 3.05) is 0 Å². The lowest BCUT2D eigenvalue weighted by Gasteiger charge is -2.33. The molecule has 0 radical (unpaired) electrons. The van der Waals surface area contributed by atoms with Gasteiger partial charge in [0, 0.05) is 28.9 Å². The van der Waals surface area contributed by atoms with Gasteiger partial charge in [-0.3, -0.25) is 4.79 Å². The molecule has 2 nitrogen and oxygen atoms in total. The van der Waals surface area contributed by atoms with Gasteiger partial charge in [0.25, 0.3) is 0 Å². The number of Topliss-reactive ketones (excluding diaryl/α,β-unsaturated/α-hetero) is 1. The van der Waals surface area contributed by atoms with Crippen molar-refractivity contribution in [3.63, 3.8) is 0 Å². The van der Waals surface area contributed by atoms with Crippen LogP contribution >= 0.6 is 0 Å². The fourth-order valence-corrected chi connectivity index (χ4v) is 7.42. The van der Waals surface area contributed by atoms with Crippen molar-refractivity contribution in [2.24, 2.45) is 23.7 Å². The van der Waals surface area contributed by atoms with Crippen LogP contribution in [-0.4, -0.2) is 10.9 Å². The molecule has 2 aromatic rings. The number of hydrogen-bond donors (Lipinski definition) is 1. The van der Waals surface area contributed by atoms with Crippen LogP contribution in [0.15, 0.2) is 125 Å². The van der Waals surface area contributed by atoms with Crippen LogP contribution in [-0.2, 0) is 10.2 Å². The van der Waals surface area contributed by atoms with Crippen LogP contribution in [0.5, 0.6) is 5.75 Å². The third-order valence-electron chi connectivity index (χ3n) is 9.92. The molecule has 0 aliphatic heterocycles. The number of ketones is 1. The number of hydrogen-bond acceptors (Lipinski definition) is 2. The zero-order valence-corrected chi connectivity index (χ0v) is 23.2. The highest BCUT2D eigenvalue weighted by atomic mass is 16.3. The maximum Gasteiger partial charge on any atom is 0.146 e. The second-order valence-electron chi connectivity index (χ2n) is 12.3. The van der Waals surface area contributed by atoms with Crippen molar-refractivity contribution in [1.82, 2.24) is 0 Å². The van der Waals surface area contributed by atoms with E-state index < -0.39 is 0 Å². The van der Waals surface area contributed by atoms with Gasteiger partial charge >= 0.3 is 0 Å². The summed E-state index contributed by atoms with van der Waals surface area (Å²) in [5.41, 5.74) is 12.6. The highest BCUT2D eigenvalue weighted by Gasteiger charge is 2.53. The summed E-state index contributed by atoms with van der Waals surface area (Å²) >= 11 is 0. The molecule has 0 amide bonds. The minimum absolute atomic E-state index is 0.143. The van der Waals surface area contributed by atoms with E-state index >= 15 is 0 Å². The van der Waals surface area contributed by atoms with E-state index in [2.05, 4.69) is 67.3 Å². The molecule has 0 aromatic heterocycles. The number of phenols is 1. The zero-order valence-electron chi connectivity index (χ0n) is 23.2.